The highest BCUT2D eigenvalue weighted by molar-refractivity contribution is 5.97. The highest BCUT2D eigenvalue weighted by Gasteiger charge is 2.35. The van der Waals surface area contributed by atoms with Crippen LogP contribution in [0.3, 0.4) is 0 Å². The zero-order valence-electron chi connectivity index (χ0n) is 15.1. The molecule has 1 aliphatic carbocycles. The van der Waals surface area contributed by atoms with Crippen LogP contribution in [0, 0.1) is 11.3 Å². The van der Waals surface area contributed by atoms with Gasteiger partial charge in [-0.2, -0.15) is 0 Å². The van der Waals surface area contributed by atoms with Gasteiger partial charge in [0, 0.05) is 30.3 Å². The van der Waals surface area contributed by atoms with E-state index in [4.69, 9.17) is 5.73 Å². The first-order valence-electron chi connectivity index (χ1n) is 9.41. The molecule has 3 N–H and O–H groups in total. The fourth-order valence-corrected chi connectivity index (χ4v) is 3.89. The summed E-state index contributed by atoms with van der Waals surface area (Å²) in [7, 11) is 0. The third kappa shape index (κ3) is 4.21. The Kier molecular flexibility index (Phi) is 5.42. The monoisotopic (exact) mass is 343 g/mol. The quantitative estimate of drug-likeness (QED) is 0.882. The maximum Gasteiger partial charge on any atom is 0.253 e. The molecule has 0 radical (unpaired) electrons. The van der Waals surface area contributed by atoms with Crippen LogP contribution in [-0.4, -0.2) is 36.3 Å². The molecule has 0 spiro atoms. The fraction of sp³-hybridized carbons (Fsp3) is 0.600. The van der Waals surface area contributed by atoms with Crippen molar-refractivity contribution in [2.24, 2.45) is 17.1 Å². The number of carbonyl (C=O) groups excluding carboxylic acids is 2. The summed E-state index contributed by atoms with van der Waals surface area (Å²) >= 11 is 0. The van der Waals surface area contributed by atoms with Gasteiger partial charge < -0.3 is 16.0 Å². The van der Waals surface area contributed by atoms with Crippen molar-refractivity contribution in [1.29, 1.82) is 0 Å². The van der Waals surface area contributed by atoms with E-state index >= 15 is 0 Å². The van der Waals surface area contributed by atoms with Crippen LogP contribution < -0.4 is 11.1 Å². The third-order valence-electron chi connectivity index (χ3n) is 5.69. The lowest BCUT2D eigenvalue weighted by Gasteiger charge is -2.23. The molecule has 5 heteroatoms. The van der Waals surface area contributed by atoms with Gasteiger partial charge >= 0.3 is 0 Å². The molecule has 3 rings (SSSR count). The zero-order valence-corrected chi connectivity index (χ0v) is 15.1. The topological polar surface area (TPSA) is 75.4 Å². The Morgan fingerprint density at radius 1 is 1.28 bits per heavy atom. The predicted molar refractivity (Wildman–Crippen MR) is 99.3 cm³/mol. The largest absolute Gasteiger partial charge is 0.338 e. The number of carbonyl (C=O) groups is 2. The smallest absolute Gasteiger partial charge is 0.253 e. The number of hydrogen-bond donors (Lipinski definition) is 2. The van der Waals surface area contributed by atoms with Crippen molar-refractivity contribution >= 4 is 17.5 Å². The van der Waals surface area contributed by atoms with E-state index in [1.165, 1.54) is 6.42 Å². The molecule has 5 nitrogen and oxygen atoms in total. The van der Waals surface area contributed by atoms with E-state index in [1.807, 2.05) is 23.1 Å². The molecule has 1 aromatic rings. The van der Waals surface area contributed by atoms with Gasteiger partial charge in [0.1, 0.15) is 0 Å². The Labute approximate surface area is 150 Å². The van der Waals surface area contributed by atoms with Crippen molar-refractivity contribution in [3.63, 3.8) is 0 Å². The summed E-state index contributed by atoms with van der Waals surface area (Å²) in [5, 5.41) is 3.00. The predicted octanol–water partition coefficient (Wildman–Crippen LogP) is 3.02. The Bertz CT molecular complexity index is 640. The number of benzene rings is 1. The first kappa shape index (κ1) is 17.9. The number of hydrogen-bond acceptors (Lipinski definition) is 3. The van der Waals surface area contributed by atoms with E-state index in [-0.39, 0.29) is 23.1 Å². The highest BCUT2D eigenvalue weighted by Crippen LogP contribution is 2.30. The molecule has 1 heterocycles. The van der Waals surface area contributed by atoms with Gasteiger partial charge in [0.25, 0.3) is 5.91 Å². The number of amides is 2. The number of anilines is 1. The van der Waals surface area contributed by atoms with Crippen LogP contribution in [0.25, 0.3) is 0 Å². The Morgan fingerprint density at radius 3 is 2.72 bits per heavy atom. The van der Waals surface area contributed by atoms with Crippen LogP contribution in [0.2, 0.25) is 0 Å². The van der Waals surface area contributed by atoms with Crippen molar-refractivity contribution in [3.8, 4) is 0 Å². The van der Waals surface area contributed by atoms with Crippen molar-refractivity contribution in [1.82, 2.24) is 4.90 Å². The van der Waals surface area contributed by atoms with E-state index in [1.54, 1.807) is 6.07 Å². The Balaban J connectivity index is 1.65. The first-order chi connectivity index (χ1) is 12.0. The van der Waals surface area contributed by atoms with Gasteiger partial charge in [0.05, 0.1) is 0 Å². The van der Waals surface area contributed by atoms with Gasteiger partial charge in [0.15, 0.2) is 0 Å². The van der Waals surface area contributed by atoms with Crippen molar-refractivity contribution < 1.29 is 9.59 Å². The highest BCUT2D eigenvalue weighted by atomic mass is 16.2. The second-order valence-corrected chi connectivity index (χ2v) is 7.90. The van der Waals surface area contributed by atoms with E-state index < -0.39 is 0 Å². The molecule has 2 aliphatic rings. The van der Waals surface area contributed by atoms with Gasteiger partial charge in [-0.15, -0.1) is 0 Å². The average molecular weight is 343 g/mol. The number of likely N-dealkylation sites (tertiary alicyclic amines) is 1. The minimum Gasteiger partial charge on any atom is -0.338 e. The standard InChI is InChI=1S/C20H29N3O2/c1-20(13-21)10-11-23(14-20)19(25)16-8-5-9-17(12-16)22-18(24)15-6-3-2-4-7-15/h5,8-9,12,15H,2-4,6-7,10-11,13-14,21H2,1H3,(H,22,24). The lowest BCUT2D eigenvalue weighted by molar-refractivity contribution is -0.120. The number of nitrogens with one attached hydrogen (secondary N) is 1. The van der Waals surface area contributed by atoms with Crippen molar-refractivity contribution in [3.05, 3.63) is 29.8 Å². The molecule has 25 heavy (non-hydrogen) atoms. The molecular formula is C20H29N3O2. The van der Waals surface area contributed by atoms with Crippen molar-refractivity contribution in [2.75, 3.05) is 25.0 Å². The summed E-state index contributed by atoms with van der Waals surface area (Å²) in [4.78, 5) is 27.0. The first-order valence-corrected chi connectivity index (χ1v) is 9.41. The van der Waals surface area contributed by atoms with Gasteiger partial charge in [-0.25, -0.2) is 0 Å². The molecule has 0 bridgehead atoms. The third-order valence-corrected chi connectivity index (χ3v) is 5.69. The lowest BCUT2D eigenvalue weighted by atomic mass is 9.88. The van der Waals surface area contributed by atoms with Gasteiger partial charge in [0.2, 0.25) is 5.91 Å². The van der Waals surface area contributed by atoms with E-state index in [0.29, 0.717) is 24.3 Å². The van der Waals surface area contributed by atoms with Gasteiger partial charge in [-0.3, -0.25) is 9.59 Å². The lowest BCUT2D eigenvalue weighted by Crippen LogP contribution is -2.34. The van der Waals surface area contributed by atoms with Gasteiger partial charge in [-0.1, -0.05) is 32.3 Å². The second kappa shape index (κ2) is 7.56. The van der Waals surface area contributed by atoms with E-state index in [0.717, 1.165) is 38.6 Å². The van der Waals surface area contributed by atoms with E-state index in [2.05, 4.69) is 12.2 Å². The van der Waals surface area contributed by atoms with Crippen LogP contribution in [0.1, 0.15) is 55.8 Å². The van der Waals surface area contributed by atoms with Crippen molar-refractivity contribution in [2.45, 2.75) is 45.4 Å². The molecule has 2 amide bonds. The molecule has 1 aliphatic heterocycles. The summed E-state index contributed by atoms with van der Waals surface area (Å²) in [5.74, 6) is 0.212. The molecule has 1 saturated heterocycles. The number of nitrogens with two attached hydrogens (primary N) is 1. The zero-order chi connectivity index (χ0) is 17.9. The summed E-state index contributed by atoms with van der Waals surface area (Å²) in [6.07, 6.45) is 6.36. The SMILES string of the molecule is CC1(CN)CCN(C(=O)c2cccc(NC(=O)C3CCCCC3)c2)C1. The minimum atomic E-state index is 0.0163. The number of nitrogens with zero attached hydrogens (tertiary/aromatic N) is 1. The van der Waals surface area contributed by atoms with Crippen LogP contribution in [0.15, 0.2) is 24.3 Å². The second-order valence-electron chi connectivity index (χ2n) is 7.90. The van der Waals surface area contributed by atoms with Crippen LogP contribution >= 0.6 is 0 Å². The average Bonchev–Trinajstić information content (AvgIpc) is 3.05. The van der Waals surface area contributed by atoms with E-state index in [9.17, 15) is 9.59 Å². The molecule has 1 aromatic carbocycles. The summed E-state index contributed by atoms with van der Waals surface area (Å²) in [6, 6.07) is 7.30. The minimum absolute atomic E-state index is 0.0163. The molecule has 1 unspecified atom stereocenters. The molecule has 0 aromatic heterocycles. The van der Waals surface area contributed by atoms with Gasteiger partial charge in [-0.05, 0) is 49.4 Å². The summed E-state index contributed by atoms with van der Waals surface area (Å²) < 4.78 is 0. The van der Waals surface area contributed by atoms with Crippen LogP contribution in [0.4, 0.5) is 5.69 Å². The molecule has 136 valence electrons. The maximum atomic E-state index is 12.8. The molecular weight excluding hydrogens is 314 g/mol. The summed E-state index contributed by atoms with van der Waals surface area (Å²) in [6.45, 7) is 4.15. The molecule has 1 atom stereocenters. The van der Waals surface area contributed by atoms with Crippen LogP contribution in [0.5, 0.6) is 0 Å². The fourth-order valence-electron chi connectivity index (χ4n) is 3.89. The summed E-state index contributed by atoms with van der Waals surface area (Å²) in [5.41, 5.74) is 7.19. The Hall–Kier alpha value is -1.88. The Morgan fingerprint density at radius 2 is 2.04 bits per heavy atom. The molecule has 1 saturated carbocycles. The normalized spacial score (nSPS) is 24.3. The van der Waals surface area contributed by atoms with Crippen LogP contribution in [-0.2, 0) is 4.79 Å². The number of rotatable bonds is 4. The maximum absolute atomic E-state index is 12.8. The molecule has 2 fully saturated rings.